The lowest BCUT2D eigenvalue weighted by atomic mass is 10.0. The van der Waals surface area contributed by atoms with Gasteiger partial charge >= 0.3 is 5.97 Å². The molecular formula is C12H11ClN4O4S2. The van der Waals surface area contributed by atoms with Crippen LogP contribution in [0.4, 0.5) is 5.69 Å². The first-order chi connectivity index (χ1) is 10.9. The number of carbonyl (C=O) groups is 3. The van der Waals surface area contributed by atoms with Crippen LogP contribution < -0.4 is 11.1 Å². The fourth-order valence-corrected chi connectivity index (χ4v) is 4.51. The summed E-state index contributed by atoms with van der Waals surface area (Å²) in [6.45, 7) is 0. The fourth-order valence-electron chi connectivity index (χ4n) is 2.36. The minimum atomic E-state index is -1.26. The van der Waals surface area contributed by atoms with Crippen LogP contribution in [0, 0.1) is 0 Å². The Hall–Kier alpha value is -1.78. The number of carboxylic acid groups (broad SMARTS) is 1. The number of nitrogens with two attached hydrogens (primary N) is 1. The predicted octanol–water partition coefficient (Wildman–Crippen LogP) is 0.203. The van der Waals surface area contributed by atoms with E-state index in [1.807, 2.05) is 0 Å². The van der Waals surface area contributed by atoms with Gasteiger partial charge in [-0.05, 0) is 11.5 Å². The molecule has 4 N–H and O–H groups in total. The average Bonchev–Trinajstić information content (AvgIpc) is 2.89. The second-order valence-corrected chi connectivity index (χ2v) is 7.10. The molecule has 0 aliphatic carbocycles. The normalized spacial score (nSPS) is 23.3. The lowest BCUT2D eigenvalue weighted by Gasteiger charge is -2.48. The summed E-state index contributed by atoms with van der Waals surface area (Å²) in [6, 6.07) is -0.772. The zero-order valence-electron chi connectivity index (χ0n) is 11.5. The van der Waals surface area contributed by atoms with Crippen molar-refractivity contribution < 1.29 is 19.5 Å². The lowest BCUT2D eigenvalue weighted by Crippen LogP contribution is -2.70. The summed E-state index contributed by atoms with van der Waals surface area (Å²) < 4.78 is 4.01. The molecular weight excluding hydrogens is 364 g/mol. The van der Waals surface area contributed by atoms with Crippen molar-refractivity contribution in [3.8, 4) is 0 Å². The first-order valence-electron chi connectivity index (χ1n) is 6.45. The number of nitrogen functional groups attached to an aromatic ring is 1. The molecule has 11 heteroatoms. The monoisotopic (exact) mass is 374 g/mol. The van der Waals surface area contributed by atoms with Crippen molar-refractivity contribution in [1.82, 2.24) is 14.6 Å². The van der Waals surface area contributed by atoms with Crippen LogP contribution in [0.5, 0.6) is 0 Å². The molecule has 1 saturated heterocycles. The Morgan fingerprint density at radius 2 is 2.30 bits per heavy atom. The van der Waals surface area contributed by atoms with Crippen molar-refractivity contribution in [3.63, 3.8) is 0 Å². The number of nitrogens with one attached hydrogen (secondary N) is 1. The number of fused-ring (bicyclic) bond motifs is 1. The number of rotatable bonds is 4. The Bertz CT molecular complexity index is 734. The minimum absolute atomic E-state index is 0.0289. The molecule has 0 spiro atoms. The number of carbonyl (C=O) groups excluding carboxylic acids is 2. The van der Waals surface area contributed by atoms with Gasteiger partial charge in [-0.25, -0.2) is 4.79 Å². The van der Waals surface area contributed by atoms with Crippen LogP contribution >= 0.6 is 34.9 Å². The highest BCUT2D eigenvalue weighted by molar-refractivity contribution is 8.00. The van der Waals surface area contributed by atoms with E-state index in [2.05, 4.69) is 9.69 Å². The maximum absolute atomic E-state index is 12.2. The first kappa shape index (κ1) is 16.1. The summed E-state index contributed by atoms with van der Waals surface area (Å²) in [5.74, 6) is -1.85. The number of carboxylic acids is 1. The SMILES string of the molecule is Nc1csnc1CC(=O)N[C@@H]1C(=O)N2C(C(=O)O)=C(Cl)CS[C@H]12. The highest BCUT2D eigenvalue weighted by Crippen LogP contribution is 2.41. The molecule has 1 fully saturated rings. The van der Waals surface area contributed by atoms with Gasteiger partial charge in [0.15, 0.2) is 0 Å². The number of β-lactam (4-membered cyclic amide) rings is 1. The third-order valence-corrected chi connectivity index (χ3v) is 5.88. The van der Waals surface area contributed by atoms with Crippen LogP contribution in [-0.2, 0) is 20.8 Å². The van der Waals surface area contributed by atoms with E-state index in [1.165, 1.54) is 11.8 Å². The van der Waals surface area contributed by atoms with Crippen molar-refractivity contribution in [1.29, 1.82) is 0 Å². The molecule has 122 valence electrons. The Morgan fingerprint density at radius 3 is 2.91 bits per heavy atom. The highest BCUT2D eigenvalue weighted by atomic mass is 35.5. The van der Waals surface area contributed by atoms with E-state index in [0.29, 0.717) is 11.4 Å². The average molecular weight is 375 g/mol. The molecule has 0 radical (unpaired) electrons. The summed E-state index contributed by atoms with van der Waals surface area (Å²) in [4.78, 5) is 36.5. The number of nitrogens with zero attached hydrogens (tertiary/aromatic N) is 2. The van der Waals surface area contributed by atoms with Gasteiger partial charge in [0.1, 0.15) is 17.1 Å². The number of halogens is 1. The van der Waals surface area contributed by atoms with Crippen LogP contribution in [0.15, 0.2) is 16.1 Å². The number of anilines is 1. The lowest BCUT2D eigenvalue weighted by molar-refractivity contribution is -0.150. The maximum atomic E-state index is 12.2. The third-order valence-electron chi connectivity index (χ3n) is 3.44. The summed E-state index contributed by atoms with van der Waals surface area (Å²) in [7, 11) is 0. The number of thioether (sulfide) groups is 1. The molecule has 8 nitrogen and oxygen atoms in total. The molecule has 23 heavy (non-hydrogen) atoms. The molecule has 0 saturated carbocycles. The zero-order chi connectivity index (χ0) is 16.7. The number of amides is 2. The number of hydrogen-bond donors (Lipinski definition) is 3. The van der Waals surface area contributed by atoms with E-state index in [4.69, 9.17) is 22.4 Å². The second kappa shape index (κ2) is 6.02. The molecule has 3 heterocycles. The van der Waals surface area contributed by atoms with Gasteiger partial charge in [0, 0.05) is 11.1 Å². The van der Waals surface area contributed by atoms with Gasteiger partial charge < -0.3 is 16.2 Å². The third kappa shape index (κ3) is 2.77. The topological polar surface area (TPSA) is 126 Å². The highest BCUT2D eigenvalue weighted by Gasteiger charge is 2.54. The summed E-state index contributed by atoms with van der Waals surface area (Å²) in [5, 5.41) is 13.0. The van der Waals surface area contributed by atoms with Crippen molar-refractivity contribution in [2.24, 2.45) is 0 Å². The molecule has 2 amide bonds. The van der Waals surface area contributed by atoms with Gasteiger partial charge in [-0.1, -0.05) is 11.6 Å². The van der Waals surface area contributed by atoms with E-state index in [9.17, 15) is 14.4 Å². The van der Waals surface area contributed by atoms with E-state index >= 15 is 0 Å². The van der Waals surface area contributed by atoms with Gasteiger partial charge in [-0.2, -0.15) is 4.37 Å². The van der Waals surface area contributed by atoms with Crippen LogP contribution in [0.1, 0.15) is 5.69 Å². The Balaban J connectivity index is 1.68. The Labute approximate surface area is 143 Å². The van der Waals surface area contributed by atoms with Crippen molar-refractivity contribution in [3.05, 3.63) is 21.8 Å². The van der Waals surface area contributed by atoms with Crippen molar-refractivity contribution in [2.75, 3.05) is 11.5 Å². The fraction of sp³-hybridized carbons (Fsp3) is 0.333. The summed E-state index contributed by atoms with van der Waals surface area (Å²) >= 11 is 8.33. The molecule has 1 aromatic rings. The molecule has 1 aromatic heterocycles. The quantitative estimate of drug-likeness (QED) is 0.643. The smallest absolute Gasteiger partial charge is 0.353 e. The predicted molar refractivity (Wildman–Crippen MR) is 85.8 cm³/mol. The van der Waals surface area contributed by atoms with E-state index in [1.54, 1.807) is 5.38 Å². The van der Waals surface area contributed by atoms with Gasteiger partial charge in [0.2, 0.25) is 5.91 Å². The van der Waals surface area contributed by atoms with Gasteiger partial charge in [-0.15, -0.1) is 11.8 Å². The number of hydrogen-bond acceptors (Lipinski definition) is 7. The molecule has 0 unspecified atom stereocenters. The second-order valence-electron chi connectivity index (χ2n) is 4.91. The zero-order valence-corrected chi connectivity index (χ0v) is 13.9. The molecule has 3 rings (SSSR count). The van der Waals surface area contributed by atoms with Crippen molar-refractivity contribution >= 4 is 58.4 Å². The first-order valence-corrected chi connectivity index (χ1v) is 8.71. The Kier molecular flexibility index (Phi) is 4.21. The number of aromatic nitrogens is 1. The van der Waals surface area contributed by atoms with Gasteiger partial charge in [0.05, 0.1) is 22.8 Å². The van der Waals surface area contributed by atoms with E-state index in [0.717, 1.165) is 16.4 Å². The summed E-state index contributed by atoms with van der Waals surface area (Å²) in [5.41, 5.74) is 6.35. The van der Waals surface area contributed by atoms with E-state index in [-0.39, 0.29) is 22.9 Å². The Morgan fingerprint density at radius 1 is 1.57 bits per heavy atom. The van der Waals surface area contributed by atoms with Crippen LogP contribution in [0.3, 0.4) is 0 Å². The number of aliphatic carboxylic acids is 1. The van der Waals surface area contributed by atoms with Crippen molar-refractivity contribution in [2.45, 2.75) is 17.8 Å². The van der Waals surface area contributed by atoms with Crippen LogP contribution in [-0.4, -0.2) is 49.3 Å². The standard InChI is InChI=1S/C12H11ClN4O4S2/c13-4-2-22-11-8(10(19)17(11)9(4)12(20)21)15-7(18)1-6-5(14)3-23-16-6/h3,8,11H,1-2,14H2,(H,15,18)(H,20,21)/t8-,11-/m1/s1. The summed E-state index contributed by atoms with van der Waals surface area (Å²) in [6.07, 6.45) is -0.0289. The van der Waals surface area contributed by atoms with Crippen LogP contribution in [0.25, 0.3) is 0 Å². The van der Waals surface area contributed by atoms with Gasteiger partial charge in [-0.3, -0.25) is 14.5 Å². The molecule has 2 aliphatic rings. The maximum Gasteiger partial charge on any atom is 0.353 e. The van der Waals surface area contributed by atoms with Crippen LogP contribution in [0.2, 0.25) is 0 Å². The largest absolute Gasteiger partial charge is 0.477 e. The van der Waals surface area contributed by atoms with Gasteiger partial charge in [0.25, 0.3) is 5.91 Å². The molecule has 2 aliphatic heterocycles. The molecule has 2 atom stereocenters. The molecule has 0 aromatic carbocycles. The minimum Gasteiger partial charge on any atom is -0.477 e. The van der Waals surface area contributed by atoms with E-state index < -0.39 is 29.2 Å². The molecule has 0 bridgehead atoms.